The summed E-state index contributed by atoms with van der Waals surface area (Å²) in [6, 6.07) is 9.22. The van der Waals surface area contributed by atoms with Crippen molar-refractivity contribution < 1.29 is 4.79 Å². The van der Waals surface area contributed by atoms with Gasteiger partial charge in [-0.1, -0.05) is 29.8 Å². The van der Waals surface area contributed by atoms with E-state index in [-0.39, 0.29) is 5.78 Å². The van der Waals surface area contributed by atoms with Crippen molar-refractivity contribution in [1.29, 1.82) is 0 Å². The van der Waals surface area contributed by atoms with Crippen molar-refractivity contribution in [2.45, 2.75) is 0 Å². The number of benzene rings is 1. The molecule has 0 N–H and O–H groups in total. The molecule has 3 rings (SSSR count). The van der Waals surface area contributed by atoms with Crippen molar-refractivity contribution in [3.05, 3.63) is 59.0 Å². The lowest BCUT2D eigenvalue weighted by Gasteiger charge is -2.06. The molecule has 0 atom stereocenters. The molecule has 0 radical (unpaired) electrons. The van der Waals surface area contributed by atoms with E-state index in [2.05, 4.69) is 10.1 Å². The van der Waals surface area contributed by atoms with Crippen LogP contribution in [-0.2, 0) is 7.05 Å². The summed E-state index contributed by atoms with van der Waals surface area (Å²) in [6.07, 6.45) is 3.10. The Hall–Kier alpha value is -2.20. The molecule has 2 heterocycles. The van der Waals surface area contributed by atoms with E-state index in [1.54, 1.807) is 19.3 Å². The summed E-state index contributed by atoms with van der Waals surface area (Å²) in [5.74, 6) is -0.149. The third-order valence-corrected chi connectivity index (χ3v) is 3.28. The van der Waals surface area contributed by atoms with Gasteiger partial charge >= 0.3 is 0 Å². The number of aromatic nitrogens is 3. The van der Waals surface area contributed by atoms with Crippen molar-refractivity contribution in [3.8, 4) is 0 Å². The number of pyridine rings is 1. The first-order chi connectivity index (χ1) is 9.18. The molecular formula is C14H10ClN3O. The maximum Gasteiger partial charge on any atom is 0.213 e. The molecule has 3 aromatic rings. The summed E-state index contributed by atoms with van der Waals surface area (Å²) in [5.41, 5.74) is 1.75. The number of halogens is 1. The van der Waals surface area contributed by atoms with E-state index in [0.717, 1.165) is 10.9 Å². The number of fused-ring (bicyclic) bond motifs is 1. The summed E-state index contributed by atoms with van der Waals surface area (Å²) in [6.45, 7) is 0. The van der Waals surface area contributed by atoms with Gasteiger partial charge in [0, 0.05) is 24.2 Å². The van der Waals surface area contributed by atoms with E-state index in [9.17, 15) is 4.79 Å². The number of para-hydroxylation sites is 1. The second-order valence-electron chi connectivity index (χ2n) is 4.17. The molecule has 4 nitrogen and oxygen atoms in total. The van der Waals surface area contributed by atoms with Crippen LogP contribution in [0.25, 0.3) is 10.9 Å². The van der Waals surface area contributed by atoms with Crippen LogP contribution < -0.4 is 0 Å². The van der Waals surface area contributed by atoms with Gasteiger partial charge in [-0.3, -0.25) is 14.5 Å². The SMILES string of the molecule is Cn1ncc(Cl)c1C(=O)c1ccnc2ccccc12. The average Bonchev–Trinajstić information content (AvgIpc) is 2.77. The van der Waals surface area contributed by atoms with Crippen molar-refractivity contribution in [1.82, 2.24) is 14.8 Å². The largest absolute Gasteiger partial charge is 0.287 e. The second-order valence-corrected chi connectivity index (χ2v) is 4.58. The van der Waals surface area contributed by atoms with Crippen molar-refractivity contribution in [2.75, 3.05) is 0 Å². The summed E-state index contributed by atoms with van der Waals surface area (Å²) < 4.78 is 1.49. The zero-order valence-corrected chi connectivity index (χ0v) is 10.9. The Labute approximate surface area is 114 Å². The van der Waals surface area contributed by atoms with Crippen LogP contribution in [0, 0.1) is 0 Å². The third kappa shape index (κ3) is 1.90. The van der Waals surface area contributed by atoms with E-state index >= 15 is 0 Å². The highest BCUT2D eigenvalue weighted by molar-refractivity contribution is 6.35. The quantitative estimate of drug-likeness (QED) is 0.674. The van der Waals surface area contributed by atoms with Gasteiger partial charge in [0.25, 0.3) is 0 Å². The van der Waals surface area contributed by atoms with Crippen LogP contribution in [0.1, 0.15) is 16.1 Å². The topological polar surface area (TPSA) is 47.8 Å². The van der Waals surface area contributed by atoms with Gasteiger partial charge in [-0.05, 0) is 12.1 Å². The molecule has 0 aliphatic heterocycles. The smallest absolute Gasteiger partial charge is 0.213 e. The number of nitrogens with zero attached hydrogens (tertiary/aromatic N) is 3. The number of carbonyl (C=O) groups excluding carboxylic acids is 1. The Kier molecular flexibility index (Phi) is 2.80. The fraction of sp³-hybridized carbons (Fsp3) is 0.0714. The monoisotopic (exact) mass is 271 g/mol. The lowest BCUT2D eigenvalue weighted by Crippen LogP contribution is -2.09. The highest BCUT2D eigenvalue weighted by atomic mass is 35.5. The Morgan fingerprint density at radius 3 is 2.79 bits per heavy atom. The lowest BCUT2D eigenvalue weighted by atomic mass is 10.0. The number of ketones is 1. The number of aryl methyl sites for hydroxylation is 1. The second kappa shape index (κ2) is 4.48. The Bertz CT molecular complexity index is 754. The number of hydrogen-bond acceptors (Lipinski definition) is 3. The third-order valence-electron chi connectivity index (χ3n) is 3.00. The standard InChI is InChI=1S/C14H10ClN3O/c1-18-13(11(15)8-17-18)14(19)10-6-7-16-12-5-3-2-4-9(10)12/h2-8H,1H3. The van der Waals surface area contributed by atoms with Gasteiger partial charge in [0.05, 0.1) is 16.7 Å². The van der Waals surface area contributed by atoms with Gasteiger partial charge in [-0.15, -0.1) is 0 Å². The van der Waals surface area contributed by atoms with Crippen LogP contribution in [0.2, 0.25) is 5.02 Å². The predicted octanol–water partition coefficient (Wildman–Crippen LogP) is 2.85. The van der Waals surface area contributed by atoms with Gasteiger partial charge in [0.2, 0.25) is 5.78 Å². The average molecular weight is 272 g/mol. The first-order valence-corrected chi connectivity index (χ1v) is 6.12. The molecule has 0 unspecified atom stereocenters. The minimum atomic E-state index is -0.149. The molecule has 5 heteroatoms. The molecule has 94 valence electrons. The first kappa shape index (κ1) is 11.9. The minimum Gasteiger partial charge on any atom is -0.287 e. The van der Waals surface area contributed by atoms with E-state index in [0.29, 0.717) is 16.3 Å². The molecule has 0 saturated carbocycles. The predicted molar refractivity (Wildman–Crippen MR) is 73.4 cm³/mol. The van der Waals surface area contributed by atoms with Crippen LogP contribution >= 0.6 is 11.6 Å². The van der Waals surface area contributed by atoms with Crippen molar-refractivity contribution in [2.24, 2.45) is 7.05 Å². The fourth-order valence-corrected chi connectivity index (χ4v) is 2.34. The van der Waals surface area contributed by atoms with Crippen molar-refractivity contribution in [3.63, 3.8) is 0 Å². The molecule has 2 aromatic heterocycles. The molecular weight excluding hydrogens is 262 g/mol. The Morgan fingerprint density at radius 2 is 2.05 bits per heavy atom. The lowest BCUT2D eigenvalue weighted by molar-refractivity contribution is 0.103. The normalized spacial score (nSPS) is 10.8. The van der Waals surface area contributed by atoms with E-state index in [4.69, 9.17) is 11.6 Å². The maximum absolute atomic E-state index is 12.6. The van der Waals surface area contributed by atoms with Crippen LogP contribution in [0.5, 0.6) is 0 Å². The molecule has 19 heavy (non-hydrogen) atoms. The molecule has 0 fully saturated rings. The maximum atomic E-state index is 12.6. The zero-order chi connectivity index (χ0) is 13.4. The van der Waals surface area contributed by atoms with Gasteiger partial charge < -0.3 is 0 Å². The molecule has 0 amide bonds. The molecule has 0 aliphatic carbocycles. The van der Waals surface area contributed by atoms with Crippen molar-refractivity contribution >= 4 is 28.3 Å². The number of rotatable bonds is 2. The highest BCUT2D eigenvalue weighted by Gasteiger charge is 2.19. The Balaban J connectivity index is 2.23. The van der Waals surface area contributed by atoms with Gasteiger partial charge in [-0.25, -0.2) is 0 Å². The summed E-state index contributed by atoms with van der Waals surface area (Å²) in [4.78, 5) is 16.8. The van der Waals surface area contributed by atoms with Crippen LogP contribution in [0.3, 0.4) is 0 Å². The van der Waals surface area contributed by atoms with Gasteiger partial charge in [0.15, 0.2) is 0 Å². The van der Waals surface area contributed by atoms with Gasteiger partial charge in [-0.2, -0.15) is 5.10 Å². The summed E-state index contributed by atoms with van der Waals surface area (Å²) in [5, 5.41) is 5.16. The molecule has 0 saturated heterocycles. The molecule has 0 spiro atoms. The fourth-order valence-electron chi connectivity index (χ4n) is 2.09. The van der Waals surface area contributed by atoms with E-state index < -0.39 is 0 Å². The first-order valence-electron chi connectivity index (χ1n) is 5.74. The van der Waals surface area contributed by atoms with E-state index in [1.807, 2.05) is 24.3 Å². The summed E-state index contributed by atoms with van der Waals surface area (Å²) in [7, 11) is 1.70. The molecule has 1 aromatic carbocycles. The summed E-state index contributed by atoms with van der Waals surface area (Å²) >= 11 is 6.02. The number of hydrogen-bond donors (Lipinski definition) is 0. The van der Waals surface area contributed by atoms with Crippen LogP contribution in [-0.4, -0.2) is 20.5 Å². The molecule has 0 aliphatic rings. The van der Waals surface area contributed by atoms with Crippen LogP contribution in [0.4, 0.5) is 0 Å². The highest BCUT2D eigenvalue weighted by Crippen LogP contribution is 2.23. The molecule has 0 bridgehead atoms. The Morgan fingerprint density at radius 1 is 1.26 bits per heavy atom. The zero-order valence-electron chi connectivity index (χ0n) is 10.2. The minimum absolute atomic E-state index is 0.149. The van der Waals surface area contributed by atoms with Gasteiger partial charge in [0.1, 0.15) is 5.69 Å². The number of carbonyl (C=O) groups is 1. The van der Waals surface area contributed by atoms with E-state index in [1.165, 1.54) is 10.9 Å². The van der Waals surface area contributed by atoms with Crippen LogP contribution in [0.15, 0.2) is 42.7 Å².